The molecule has 0 aliphatic carbocycles. The van der Waals surface area contributed by atoms with Gasteiger partial charge in [0.25, 0.3) is 0 Å². The average Bonchev–Trinajstić information content (AvgIpc) is 2.40. The molecular weight excluding hydrogens is 284 g/mol. The van der Waals surface area contributed by atoms with E-state index >= 15 is 0 Å². The molecule has 0 radical (unpaired) electrons. The molecular formula is C16H27ClN4. The highest BCUT2D eigenvalue weighted by atomic mass is 35.5. The van der Waals surface area contributed by atoms with Gasteiger partial charge in [0.2, 0.25) is 0 Å². The van der Waals surface area contributed by atoms with Crippen LogP contribution in [0.3, 0.4) is 0 Å². The molecule has 1 atom stereocenters. The Morgan fingerprint density at radius 1 is 1.24 bits per heavy atom. The number of likely N-dealkylation sites (N-methyl/N-ethyl adjacent to an activating group) is 1. The standard InChI is InChI=1S/C16H27ClN4/c1-11-13(17)18-15(16(2,3)4)19-14(11)21-9-7-8-12(10-21)20(5)6/h12H,7-10H2,1-6H3. The molecule has 1 aromatic rings. The van der Waals surface area contributed by atoms with E-state index in [9.17, 15) is 0 Å². The van der Waals surface area contributed by atoms with Crippen LogP contribution in [0.25, 0.3) is 0 Å². The Kier molecular flexibility index (Phi) is 4.79. The first-order chi connectivity index (χ1) is 9.70. The van der Waals surface area contributed by atoms with Crippen molar-refractivity contribution in [1.82, 2.24) is 14.9 Å². The van der Waals surface area contributed by atoms with Crippen LogP contribution in [0.4, 0.5) is 5.82 Å². The van der Waals surface area contributed by atoms with E-state index in [0.717, 1.165) is 30.3 Å². The van der Waals surface area contributed by atoms with Crippen molar-refractivity contribution < 1.29 is 0 Å². The minimum atomic E-state index is -0.0944. The second-order valence-corrected chi connectivity index (χ2v) is 7.60. The maximum absolute atomic E-state index is 6.35. The Labute approximate surface area is 133 Å². The summed E-state index contributed by atoms with van der Waals surface area (Å²) in [4.78, 5) is 14.0. The van der Waals surface area contributed by atoms with E-state index in [1.54, 1.807) is 0 Å². The molecule has 21 heavy (non-hydrogen) atoms. The van der Waals surface area contributed by atoms with Gasteiger partial charge in [0.15, 0.2) is 0 Å². The van der Waals surface area contributed by atoms with Gasteiger partial charge in [-0.2, -0.15) is 0 Å². The summed E-state index contributed by atoms with van der Waals surface area (Å²) < 4.78 is 0. The van der Waals surface area contributed by atoms with Gasteiger partial charge in [-0.3, -0.25) is 0 Å². The van der Waals surface area contributed by atoms with Gasteiger partial charge < -0.3 is 9.80 Å². The molecule has 1 fully saturated rings. The first-order valence-corrected chi connectivity index (χ1v) is 8.04. The van der Waals surface area contributed by atoms with Crippen molar-refractivity contribution in [1.29, 1.82) is 0 Å². The van der Waals surface area contributed by atoms with Crippen LogP contribution in [0.5, 0.6) is 0 Å². The zero-order chi connectivity index (χ0) is 15.8. The number of piperidine rings is 1. The van der Waals surface area contributed by atoms with E-state index < -0.39 is 0 Å². The lowest BCUT2D eigenvalue weighted by molar-refractivity contribution is 0.257. The van der Waals surface area contributed by atoms with Gasteiger partial charge >= 0.3 is 0 Å². The number of rotatable bonds is 2. The highest BCUT2D eigenvalue weighted by Gasteiger charge is 2.27. The second-order valence-electron chi connectivity index (χ2n) is 7.24. The van der Waals surface area contributed by atoms with E-state index in [2.05, 4.69) is 49.7 Å². The van der Waals surface area contributed by atoms with Gasteiger partial charge in [0.05, 0.1) is 0 Å². The second kappa shape index (κ2) is 6.09. The van der Waals surface area contributed by atoms with E-state index in [1.165, 1.54) is 12.8 Å². The van der Waals surface area contributed by atoms with Crippen LogP contribution in [0.15, 0.2) is 0 Å². The van der Waals surface area contributed by atoms with Gasteiger partial charge in [-0.05, 0) is 33.9 Å². The van der Waals surface area contributed by atoms with Crippen molar-refractivity contribution in [2.45, 2.75) is 52.0 Å². The molecule has 0 N–H and O–H groups in total. The lowest BCUT2D eigenvalue weighted by atomic mass is 9.95. The quantitative estimate of drug-likeness (QED) is 0.785. The molecule has 0 amide bonds. The summed E-state index contributed by atoms with van der Waals surface area (Å²) in [5.74, 6) is 1.83. The summed E-state index contributed by atoms with van der Waals surface area (Å²) in [7, 11) is 4.29. The zero-order valence-electron chi connectivity index (χ0n) is 14.1. The third-order valence-corrected chi connectivity index (χ3v) is 4.53. The van der Waals surface area contributed by atoms with Crippen molar-refractivity contribution in [3.05, 3.63) is 16.5 Å². The van der Waals surface area contributed by atoms with E-state index in [0.29, 0.717) is 11.2 Å². The molecule has 1 aliphatic rings. The van der Waals surface area contributed by atoms with E-state index in [1.807, 2.05) is 6.92 Å². The van der Waals surface area contributed by atoms with Gasteiger partial charge in [-0.15, -0.1) is 0 Å². The number of halogens is 1. The number of hydrogen-bond donors (Lipinski definition) is 0. The van der Waals surface area contributed by atoms with Crippen LogP contribution in [0.1, 0.15) is 45.0 Å². The van der Waals surface area contributed by atoms with Crippen LogP contribution in [-0.2, 0) is 5.41 Å². The van der Waals surface area contributed by atoms with Crippen LogP contribution in [0.2, 0.25) is 5.15 Å². The van der Waals surface area contributed by atoms with Crippen LogP contribution >= 0.6 is 11.6 Å². The predicted octanol–water partition coefficient (Wildman–Crippen LogP) is 3.27. The molecule has 4 nitrogen and oxygen atoms in total. The molecule has 5 heteroatoms. The maximum atomic E-state index is 6.35. The number of nitrogens with zero attached hydrogens (tertiary/aromatic N) is 4. The van der Waals surface area contributed by atoms with Crippen molar-refractivity contribution >= 4 is 17.4 Å². The normalized spacial score (nSPS) is 20.2. The minimum absolute atomic E-state index is 0.0944. The fourth-order valence-electron chi connectivity index (χ4n) is 2.69. The molecule has 1 unspecified atom stereocenters. The summed E-state index contributed by atoms with van der Waals surface area (Å²) in [6, 6.07) is 0.574. The zero-order valence-corrected chi connectivity index (χ0v) is 14.8. The van der Waals surface area contributed by atoms with Gasteiger partial charge in [0.1, 0.15) is 16.8 Å². The topological polar surface area (TPSA) is 32.3 Å². The minimum Gasteiger partial charge on any atom is -0.355 e. The van der Waals surface area contributed by atoms with Crippen molar-refractivity contribution in [3.8, 4) is 0 Å². The molecule has 0 bridgehead atoms. The third-order valence-electron chi connectivity index (χ3n) is 4.16. The smallest absolute Gasteiger partial charge is 0.137 e. The molecule has 118 valence electrons. The van der Waals surface area contributed by atoms with Gasteiger partial charge in [-0.25, -0.2) is 9.97 Å². The monoisotopic (exact) mass is 310 g/mol. The Hall–Kier alpha value is -0.870. The largest absolute Gasteiger partial charge is 0.355 e. The van der Waals surface area contributed by atoms with Crippen molar-refractivity contribution in [2.75, 3.05) is 32.1 Å². The molecule has 2 rings (SSSR count). The lowest BCUT2D eigenvalue weighted by Gasteiger charge is -2.37. The summed E-state index contributed by atoms with van der Waals surface area (Å²) >= 11 is 6.35. The van der Waals surface area contributed by atoms with E-state index in [-0.39, 0.29) is 5.41 Å². The Bertz CT molecular complexity index is 508. The highest BCUT2D eigenvalue weighted by Crippen LogP contribution is 2.30. The molecule has 1 saturated heterocycles. The number of aromatic nitrogens is 2. The van der Waals surface area contributed by atoms with Gasteiger partial charge in [-0.1, -0.05) is 32.4 Å². The van der Waals surface area contributed by atoms with Crippen LogP contribution in [-0.4, -0.2) is 48.1 Å². The van der Waals surface area contributed by atoms with Crippen molar-refractivity contribution in [2.24, 2.45) is 0 Å². The summed E-state index contributed by atoms with van der Waals surface area (Å²) in [5.41, 5.74) is 0.895. The highest BCUT2D eigenvalue weighted by molar-refractivity contribution is 6.30. The SMILES string of the molecule is Cc1c(Cl)nc(C(C)(C)C)nc1N1CCCC(N(C)C)C1. The Morgan fingerprint density at radius 3 is 2.48 bits per heavy atom. The predicted molar refractivity (Wildman–Crippen MR) is 89.4 cm³/mol. The molecule has 1 aromatic heterocycles. The molecule has 2 heterocycles. The van der Waals surface area contributed by atoms with Crippen LogP contribution in [0, 0.1) is 6.92 Å². The summed E-state index contributed by atoms with van der Waals surface area (Å²) in [6.45, 7) is 10.4. The molecule has 0 aromatic carbocycles. The molecule has 1 aliphatic heterocycles. The summed E-state index contributed by atoms with van der Waals surface area (Å²) in [5, 5.41) is 0.580. The number of anilines is 1. The van der Waals surface area contributed by atoms with Crippen molar-refractivity contribution in [3.63, 3.8) is 0 Å². The fraction of sp³-hybridized carbons (Fsp3) is 0.750. The molecule has 0 spiro atoms. The lowest BCUT2D eigenvalue weighted by Crippen LogP contribution is -2.46. The maximum Gasteiger partial charge on any atom is 0.137 e. The Balaban J connectivity index is 2.36. The summed E-state index contributed by atoms with van der Waals surface area (Å²) in [6.07, 6.45) is 2.43. The van der Waals surface area contributed by atoms with Gasteiger partial charge in [0, 0.05) is 30.1 Å². The first kappa shape index (κ1) is 16.5. The Morgan fingerprint density at radius 2 is 1.90 bits per heavy atom. The number of hydrogen-bond acceptors (Lipinski definition) is 4. The van der Waals surface area contributed by atoms with E-state index in [4.69, 9.17) is 16.6 Å². The van der Waals surface area contributed by atoms with Crippen LogP contribution < -0.4 is 4.90 Å². The fourth-order valence-corrected chi connectivity index (χ4v) is 2.85. The third kappa shape index (κ3) is 3.67. The molecule has 0 saturated carbocycles. The first-order valence-electron chi connectivity index (χ1n) is 7.66. The average molecular weight is 311 g/mol.